The van der Waals surface area contributed by atoms with Crippen LogP contribution in [0.4, 0.5) is 0 Å². The molecule has 4 heavy (non-hydrogen) atoms. The predicted octanol–water partition coefficient (Wildman–Crippen LogP) is -2.21. The van der Waals surface area contributed by atoms with Gasteiger partial charge in [0.05, 0.1) is 0 Å². The zero-order valence-electron chi connectivity index (χ0n) is 3.41. The van der Waals surface area contributed by atoms with Crippen molar-refractivity contribution in [1.29, 1.82) is 0 Å². The average Bonchev–Trinajstić information content (AvgIpc) is 0.918. The Morgan fingerprint density at radius 2 is 1.25 bits per heavy atom. The first-order chi connectivity index (χ1) is 1.41. The maximum absolute atomic E-state index is 2.19. The van der Waals surface area contributed by atoms with E-state index in [1.165, 1.54) is 0 Å². The smallest absolute Gasteiger partial charge is 1.00 e. The first-order valence-corrected chi connectivity index (χ1v) is 4.24. The summed E-state index contributed by atoms with van der Waals surface area (Å²) in [6.45, 7) is 0. The molecular weight excluding hydrogens is 110 g/mol. The van der Waals surface area contributed by atoms with Gasteiger partial charge in [0, 0.05) is 0 Å². The van der Waals surface area contributed by atoms with E-state index < -0.39 is 0 Å². The summed E-state index contributed by atoms with van der Waals surface area (Å²) >= 11 is 0.875. The average molecular weight is 116 g/mol. The Morgan fingerprint density at radius 1 is 1.25 bits per heavy atom. The van der Waals surface area contributed by atoms with Gasteiger partial charge in [-0.1, -0.05) is 0 Å². The Hall–Kier alpha value is 1.12. The molecule has 0 saturated carbocycles. The first kappa shape index (κ1) is 8.93. The van der Waals surface area contributed by atoms with Crippen molar-refractivity contribution in [3.63, 3.8) is 0 Å². The minimum atomic E-state index is 0. The maximum Gasteiger partial charge on any atom is 1.00 e. The Labute approximate surface area is 45.7 Å². The second-order valence-corrected chi connectivity index (χ2v) is 2.12. The van der Waals surface area contributed by atoms with Gasteiger partial charge in [-0.05, 0) is 0 Å². The summed E-state index contributed by atoms with van der Waals surface area (Å²) in [5.41, 5.74) is 0. The molecule has 0 saturated heterocycles. The molecule has 2 heteroatoms. The van der Waals surface area contributed by atoms with Crippen molar-refractivity contribution >= 4 is 15.0 Å². The van der Waals surface area contributed by atoms with Crippen molar-refractivity contribution in [2.75, 3.05) is 0 Å². The van der Waals surface area contributed by atoms with Crippen LogP contribution in [0, 0.1) is 0 Å². The van der Waals surface area contributed by atoms with Crippen LogP contribution in [0.25, 0.3) is 0 Å². The van der Waals surface area contributed by atoms with Gasteiger partial charge >= 0.3 is 45.5 Å². The molecule has 20 valence electrons. The first-order valence-electron chi connectivity index (χ1n) is 0.816. The Bertz CT molecular complexity index is 6.00. The van der Waals surface area contributed by atoms with Crippen LogP contribution in [0.1, 0.15) is 0 Å². The third kappa shape index (κ3) is 11.2. The van der Waals surface area contributed by atoms with Crippen molar-refractivity contribution in [2.45, 2.75) is 11.6 Å². The quantitative estimate of drug-likeness (QED) is 0.315. The zero-order chi connectivity index (χ0) is 2.71. The van der Waals surface area contributed by atoms with Gasteiger partial charge in [0.2, 0.25) is 0 Å². The standard InChI is InChI=1S/C2H6Se.Li/c1-3-2;/h1-2H3;/q;+1. The zero-order valence-corrected chi connectivity index (χ0v) is 5.12. The van der Waals surface area contributed by atoms with Crippen LogP contribution < -0.4 is 18.9 Å². The Balaban J connectivity index is 0. The van der Waals surface area contributed by atoms with E-state index in [2.05, 4.69) is 11.6 Å². The molecule has 0 unspecified atom stereocenters. The summed E-state index contributed by atoms with van der Waals surface area (Å²) < 4.78 is 0. The predicted molar refractivity (Wildman–Crippen MR) is 17.5 cm³/mol. The van der Waals surface area contributed by atoms with Crippen LogP contribution in [-0.4, -0.2) is 15.0 Å². The fraction of sp³-hybridized carbons (Fsp3) is 1.00. The van der Waals surface area contributed by atoms with Gasteiger partial charge in [-0.2, -0.15) is 0 Å². The largest absolute Gasteiger partial charge is 1.00 e. The SMILES string of the molecule is C[Se]C.[Li+]. The molecule has 0 heterocycles. The van der Waals surface area contributed by atoms with Gasteiger partial charge in [-0.15, -0.1) is 0 Å². The van der Waals surface area contributed by atoms with Crippen LogP contribution >= 0.6 is 0 Å². The third-order valence-corrected chi connectivity index (χ3v) is 0. The molecule has 0 atom stereocenters. The second-order valence-electron chi connectivity index (χ2n) is 0.408. The molecule has 0 aliphatic rings. The van der Waals surface area contributed by atoms with Crippen molar-refractivity contribution in [3.05, 3.63) is 0 Å². The van der Waals surface area contributed by atoms with E-state index in [9.17, 15) is 0 Å². The van der Waals surface area contributed by atoms with Crippen molar-refractivity contribution in [3.8, 4) is 0 Å². The summed E-state index contributed by atoms with van der Waals surface area (Å²) in [4.78, 5) is 0. The molecule has 0 aromatic carbocycles. The fourth-order valence-electron chi connectivity index (χ4n) is 0. The van der Waals surface area contributed by atoms with E-state index in [1.54, 1.807) is 0 Å². The Kier molecular flexibility index (Phi) is 19.9. The topological polar surface area (TPSA) is 0 Å². The molecule has 0 nitrogen and oxygen atoms in total. The molecule has 0 radical (unpaired) electrons. The van der Waals surface area contributed by atoms with E-state index in [-0.39, 0.29) is 18.9 Å². The molecule has 0 spiro atoms. The number of hydrogen-bond acceptors (Lipinski definition) is 0. The van der Waals surface area contributed by atoms with Crippen molar-refractivity contribution in [2.24, 2.45) is 0 Å². The molecule has 0 N–H and O–H groups in total. The molecule has 0 aliphatic heterocycles. The van der Waals surface area contributed by atoms with Gasteiger partial charge in [-0.25, -0.2) is 0 Å². The normalized spacial score (nSPS) is 4.50. The van der Waals surface area contributed by atoms with Gasteiger partial charge in [0.25, 0.3) is 0 Å². The van der Waals surface area contributed by atoms with Crippen LogP contribution in [0.5, 0.6) is 0 Å². The summed E-state index contributed by atoms with van der Waals surface area (Å²) in [6.07, 6.45) is 0. The molecule has 0 rings (SSSR count). The maximum atomic E-state index is 2.19. The van der Waals surface area contributed by atoms with E-state index in [0.717, 1.165) is 15.0 Å². The fourth-order valence-corrected chi connectivity index (χ4v) is 0. The van der Waals surface area contributed by atoms with E-state index in [4.69, 9.17) is 0 Å². The molecule has 0 aliphatic carbocycles. The van der Waals surface area contributed by atoms with Crippen molar-refractivity contribution in [1.82, 2.24) is 0 Å². The van der Waals surface area contributed by atoms with E-state index in [1.807, 2.05) is 0 Å². The van der Waals surface area contributed by atoms with Gasteiger partial charge in [-0.3, -0.25) is 0 Å². The summed E-state index contributed by atoms with van der Waals surface area (Å²) in [7, 11) is 0. The van der Waals surface area contributed by atoms with E-state index in [0.29, 0.717) is 0 Å². The van der Waals surface area contributed by atoms with Gasteiger partial charge < -0.3 is 0 Å². The second kappa shape index (κ2) is 8.93. The van der Waals surface area contributed by atoms with Gasteiger partial charge in [0.1, 0.15) is 0 Å². The number of hydrogen-bond donors (Lipinski definition) is 0. The third-order valence-electron chi connectivity index (χ3n) is 0. The summed E-state index contributed by atoms with van der Waals surface area (Å²) in [5, 5.41) is 0. The van der Waals surface area contributed by atoms with Gasteiger partial charge in [0.15, 0.2) is 0 Å². The number of rotatable bonds is 0. The molecule has 0 bridgehead atoms. The minimum Gasteiger partial charge on any atom is 1.00 e. The van der Waals surface area contributed by atoms with E-state index >= 15 is 0 Å². The molecule has 0 aromatic rings. The molecule has 0 amide bonds. The van der Waals surface area contributed by atoms with Crippen LogP contribution in [-0.2, 0) is 0 Å². The monoisotopic (exact) mass is 117 g/mol. The van der Waals surface area contributed by atoms with Crippen LogP contribution in [0.2, 0.25) is 11.6 Å². The molecular formula is C2H6LiSe+. The van der Waals surface area contributed by atoms with Crippen LogP contribution in [0.3, 0.4) is 0 Å². The van der Waals surface area contributed by atoms with Crippen molar-refractivity contribution < 1.29 is 18.9 Å². The summed E-state index contributed by atoms with van der Waals surface area (Å²) in [5.74, 6) is 4.38. The Morgan fingerprint density at radius 3 is 1.25 bits per heavy atom. The summed E-state index contributed by atoms with van der Waals surface area (Å²) in [6, 6.07) is 0. The molecule has 0 aromatic heterocycles. The van der Waals surface area contributed by atoms with Crippen LogP contribution in [0.15, 0.2) is 0 Å². The molecule has 0 fully saturated rings. The minimum absolute atomic E-state index is 0.